The molecule has 2 atom stereocenters. The number of rotatable bonds is 12. The van der Waals surface area contributed by atoms with Crippen molar-refractivity contribution in [2.75, 3.05) is 18.8 Å². The van der Waals surface area contributed by atoms with E-state index in [9.17, 15) is 10.2 Å². The van der Waals surface area contributed by atoms with E-state index in [4.69, 9.17) is 28.9 Å². The van der Waals surface area contributed by atoms with E-state index in [1.54, 1.807) is 17.8 Å². The number of fused-ring (bicyclic) bond motifs is 1. The highest BCUT2D eigenvalue weighted by molar-refractivity contribution is 7.99. The zero-order valence-electron chi connectivity index (χ0n) is 18.5. The number of nitrogens with one attached hydrogen (secondary N) is 1. The molecule has 0 heterocycles. The van der Waals surface area contributed by atoms with Crippen LogP contribution in [0, 0.1) is 0 Å². The third-order valence-corrected chi connectivity index (χ3v) is 8.30. The molecule has 32 heavy (non-hydrogen) atoms. The van der Waals surface area contributed by atoms with E-state index in [-0.39, 0.29) is 23.5 Å². The van der Waals surface area contributed by atoms with Crippen molar-refractivity contribution in [2.24, 2.45) is 5.73 Å². The number of hydrogen-bond donors (Lipinski definition) is 4. The predicted molar refractivity (Wildman–Crippen MR) is 137 cm³/mol. The van der Waals surface area contributed by atoms with Crippen LogP contribution in [0.3, 0.4) is 0 Å². The van der Waals surface area contributed by atoms with Crippen molar-refractivity contribution in [3.63, 3.8) is 0 Å². The molecule has 1 aliphatic carbocycles. The molecule has 3 rings (SSSR count). The molecule has 176 valence electrons. The van der Waals surface area contributed by atoms with E-state index in [1.807, 2.05) is 24.3 Å². The van der Waals surface area contributed by atoms with Crippen LogP contribution >= 0.6 is 35.0 Å². The van der Waals surface area contributed by atoms with Gasteiger partial charge in [0, 0.05) is 16.5 Å². The number of aromatic hydroxyl groups is 2. The summed E-state index contributed by atoms with van der Waals surface area (Å²) in [4.78, 5) is 0.975. The zero-order valence-corrected chi connectivity index (χ0v) is 20.8. The zero-order chi connectivity index (χ0) is 22.9. The summed E-state index contributed by atoms with van der Waals surface area (Å²) in [6, 6.07) is 9.29. The first-order chi connectivity index (χ1) is 15.5. The van der Waals surface area contributed by atoms with Gasteiger partial charge in [0.1, 0.15) is 0 Å². The van der Waals surface area contributed by atoms with Crippen LogP contribution in [0.25, 0.3) is 0 Å². The van der Waals surface area contributed by atoms with Crippen LogP contribution < -0.4 is 11.1 Å². The lowest BCUT2D eigenvalue weighted by Gasteiger charge is -2.32. The lowest BCUT2D eigenvalue weighted by molar-refractivity contribution is 0.380. The van der Waals surface area contributed by atoms with Crippen LogP contribution in [0.2, 0.25) is 10.0 Å². The summed E-state index contributed by atoms with van der Waals surface area (Å²) in [5.41, 5.74) is 8.39. The highest BCUT2D eigenvalue weighted by Gasteiger charge is 2.29. The Kier molecular flexibility index (Phi) is 10.3. The lowest BCUT2D eigenvalue weighted by atomic mass is 9.76. The van der Waals surface area contributed by atoms with Crippen molar-refractivity contribution in [1.29, 1.82) is 0 Å². The van der Waals surface area contributed by atoms with E-state index < -0.39 is 0 Å². The Morgan fingerprint density at radius 3 is 2.47 bits per heavy atom. The molecular formula is C25H34Cl2N2O2S. The number of nitrogens with two attached hydrogens (primary N) is 1. The van der Waals surface area contributed by atoms with Gasteiger partial charge in [0.2, 0.25) is 0 Å². The second-order valence-corrected chi connectivity index (χ2v) is 10.4. The van der Waals surface area contributed by atoms with E-state index in [1.165, 1.54) is 19.3 Å². The monoisotopic (exact) mass is 496 g/mol. The molecule has 0 aromatic heterocycles. The molecule has 4 nitrogen and oxygen atoms in total. The molecule has 2 aromatic carbocycles. The maximum absolute atomic E-state index is 10.2. The van der Waals surface area contributed by atoms with Crippen LogP contribution in [0.1, 0.15) is 62.0 Å². The second kappa shape index (κ2) is 13.0. The van der Waals surface area contributed by atoms with E-state index in [0.717, 1.165) is 77.0 Å². The highest BCUT2D eigenvalue weighted by atomic mass is 35.5. The number of phenolic OH excluding ortho intramolecular Hbond substituents is 2. The van der Waals surface area contributed by atoms with Crippen LogP contribution in [0.15, 0.2) is 35.2 Å². The number of thioether (sulfide) groups is 1. The third kappa shape index (κ3) is 6.94. The fourth-order valence-corrected chi connectivity index (χ4v) is 6.08. The largest absolute Gasteiger partial charge is 0.504 e. The minimum Gasteiger partial charge on any atom is -0.504 e. The first-order valence-corrected chi connectivity index (χ1v) is 13.3. The molecule has 7 heteroatoms. The van der Waals surface area contributed by atoms with Crippen LogP contribution in [-0.2, 0) is 6.42 Å². The molecule has 0 spiro atoms. The first-order valence-electron chi connectivity index (χ1n) is 11.6. The minimum absolute atomic E-state index is 0.0308. The van der Waals surface area contributed by atoms with E-state index >= 15 is 0 Å². The Labute approximate surface area is 205 Å². The van der Waals surface area contributed by atoms with Gasteiger partial charge in [-0.05, 0) is 80.6 Å². The normalized spacial score (nSPS) is 18.0. The molecule has 5 N–H and O–H groups in total. The van der Waals surface area contributed by atoms with Crippen molar-refractivity contribution < 1.29 is 10.2 Å². The van der Waals surface area contributed by atoms with Crippen molar-refractivity contribution in [3.05, 3.63) is 51.5 Å². The van der Waals surface area contributed by atoms with Gasteiger partial charge >= 0.3 is 0 Å². The van der Waals surface area contributed by atoms with Gasteiger partial charge in [-0.3, -0.25) is 0 Å². The maximum atomic E-state index is 10.2. The number of halogens is 2. The van der Waals surface area contributed by atoms with Crippen molar-refractivity contribution in [1.82, 2.24) is 5.32 Å². The van der Waals surface area contributed by atoms with Crippen LogP contribution in [0.5, 0.6) is 11.5 Å². The topological polar surface area (TPSA) is 78.5 Å². The summed E-state index contributed by atoms with van der Waals surface area (Å²) in [5.74, 6) is 1.27. The van der Waals surface area contributed by atoms with Gasteiger partial charge < -0.3 is 21.3 Å². The second-order valence-electron chi connectivity index (χ2n) is 8.52. The van der Waals surface area contributed by atoms with E-state index in [2.05, 4.69) is 5.32 Å². The molecule has 0 bridgehead atoms. The van der Waals surface area contributed by atoms with Gasteiger partial charge in [-0.25, -0.2) is 0 Å². The van der Waals surface area contributed by atoms with Gasteiger partial charge in [0.15, 0.2) is 11.5 Å². The number of hydrogen-bond acceptors (Lipinski definition) is 5. The van der Waals surface area contributed by atoms with Crippen LogP contribution in [-0.4, -0.2) is 35.1 Å². The summed E-state index contributed by atoms with van der Waals surface area (Å²) >= 11 is 14.1. The summed E-state index contributed by atoms with van der Waals surface area (Å²) in [5, 5.41) is 24.9. The van der Waals surface area contributed by atoms with E-state index in [0.29, 0.717) is 0 Å². The summed E-state index contributed by atoms with van der Waals surface area (Å²) in [6.45, 7) is 2.04. The molecule has 0 saturated carbocycles. The highest BCUT2D eigenvalue weighted by Crippen LogP contribution is 2.42. The molecular weight excluding hydrogens is 463 g/mol. The Hall–Kier alpha value is -1.11. The van der Waals surface area contributed by atoms with Crippen LogP contribution in [0.4, 0.5) is 0 Å². The standard InChI is InChI=1S/C25H34Cl2N2O2S/c26-20-8-5-9-21(27)25(20)32-16-6-15-29-14-4-2-1-3-7-18-17-11-13-23(30)24(31)19(17)10-12-22(18)28/h5,8-9,11,13,18,22,29-31H,1-4,6-7,10,12,14-16,28H2. The number of benzene rings is 2. The lowest BCUT2D eigenvalue weighted by Crippen LogP contribution is -2.33. The average Bonchev–Trinajstić information content (AvgIpc) is 2.77. The average molecular weight is 498 g/mol. The number of phenols is 2. The molecule has 0 saturated heterocycles. The molecule has 1 aliphatic rings. The minimum atomic E-state index is -0.0308. The smallest absolute Gasteiger partial charge is 0.160 e. The Morgan fingerprint density at radius 1 is 0.969 bits per heavy atom. The van der Waals surface area contributed by atoms with Crippen molar-refractivity contribution in [2.45, 2.75) is 68.2 Å². The summed E-state index contributed by atoms with van der Waals surface area (Å²) in [7, 11) is 0. The summed E-state index contributed by atoms with van der Waals surface area (Å²) in [6.07, 6.45) is 8.40. The predicted octanol–water partition coefficient (Wildman–Crippen LogP) is 6.48. The SMILES string of the molecule is NC1CCc2c(ccc(O)c2O)C1CCCCCCNCCCSc1c(Cl)cccc1Cl. The van der Waals surface area contributed by atoms with Gasteiger partial charge in [0.25, 0.3) is 0 Å². The number of unbranched alkanes of at least 4 members (excludes halogenated alkanes) is 3. The fourth-order valence-electron chi connectivity index (χ4n) is 4.45. The van der Waals surface area contributed by atoms with Gasteiger partial charge in [-0.2, -0.15) is 0 Å². The Morgan fingerprint density at radius 2 is 1.69 bits per heavy atom. The maximum Gasteiger partial charge on any atom is 0.160 e. The van der Waals surface area contributed by atoms with Gasteiger partial charge in [-0.15, -0.1) is 11.8 Å². The first kappa shape index (κ1) is 25.5. The van der Waals surface area contributed by atoms with Gasteiger partial charge in [0.05, 0.1) is 10.0 Å². The van der Waals surface area contributed by atoms with Gasteiger partial charge in [-0.1, -0.05) is 54.6 Å². The fraction of sp³-hybridized carbons (Fsp3) is 0.520. The molecule has 0 aliphatic heterocycles. The molecule has 0 fully saturated rings. The molecule has 0 amide bonds. The Bertz CT molecular complexity index is 861. The third-order valence-electron chi connectivity index (χ3n) is 6.22. The quantitative estimate of drug-likeness (QED) is 0.153. The Balaban J connectivity index is 1.25. The molecule has 2 unspecified atom stereocenters. The summed E-state index contributed by atoms with van der Waals surface area (Å²) < 4.78 is 0. The molecule has 2 aromatic rings. The van der Waals surface area contributed by atoms with Crippen molar-refractivity contribution in [3.8, 4) is 11.5 Å². The van der Waals surface area contributed by atoms with Crippen molar-refractivity contribution >= 4 is 35.0 Å². The molecule has 0 radical (unpaired) electrons.